The lowest BCUT2D eigenvalue weighted by Gasteiger charge is -2.12. The Bertz CT molecular complexity index is 650. The highest BCUT2D eigenvalue weighted by Crippen LogP contribution is 2.31. The van der Waals surface area contributed by atoms with Crippen molar-refractivity contribution in [2.75, 3.05) is 10.6 Å². The van der Waals surface area contributed by atoms with Crippen LogP contribution in [-0.4, -0.2) is 17.1 Å². The lowest BCUT2D eigenvalue weighted by atomic mass is 10.2. The standard InChI is InChI=1S/C16H19N3O2S/c1-11-5-4-8-13(9-11)19-16(20)21-14-15(22-10-17-14)18-12-6-2-3-7-12/h4-5,8-10,12,18H,2-3,6-7H2,1H3,(H,19,20). The molecule has 1 aromatic heterocycles. The number of rotatable bonds is 4. The third-order valence-corrected chi connectivity index (χ3v) is 4.42. The molecule has 0 unspecified atom stereocenters. The van der Waals surface area contributed by atoms with Gasteiger partial charge in [0.2, 0.25) is 0 Å². The number of carbonyl (C=O) groups excluding carboxylic acids is 1. The Morgan fingerprint density at radius 1 is 1.36 bits per heavy atom. The minimum Gasteiger partial charge on any atom is -0.388 e. The van der Waals surface area contributed by atoms with Crippen LogP contribution in [0.2, 0.25) is 0 Å². The van der Waals surface area contributed by atoms with Crippen LogP contribution in [0.5, 0.6) is 5.88 Å². The van der Waals surface area contributed by atoms with E-state index < -0.39 is 6.09 Å². The van der Waals surface area contributed by atoms with Gasteiger partial charge in [0.1, 0.15) is 0 Å². The third kappa shape index (κ3) is 3.76. The molecule has 0 bridgehead atoms. The van der Waals surface area contributed by atoms with E-state index in [1.165, 1.54) is 24.2 Å². The summed E-state index contributed by atoms with van der Waals surface area (Å²) in [4.78, 5) is 16.1. The van der Waals surface area contributed by atoms with Crippen molar-refractivity contribution in [3.8, 4) is 5.88 Å². The first kappa shape index (κ1) is 14.8. The summed E-state index contributed by atoms with van der Waals surface area (Å²) in [6.07, 6.45) is 4.30. The fraction of sp³-hybridized carbons (Fsp3) is 0.375. The first-order chi connectivity index (χ1) is 10.7. The van der Waals surface area contributed by atoms with E-state index in [1.807, 2.05) is 31.2 Å². The average molecular weight is 317 g/mol. The summed E-state index contributed by atoms with van der Waals surface area (Å²) in [5, 5.41) is 6.96. The summed E-state index contributed by atoms with van der Waals surface area (Å²) in [6.45, 7) is 1.97. The number of ether oxygens (including phenoxy) is 1. The van der Waals surface area contributed by atoms with Crippen molar-refractivity contribution in [3.05, 3.63) is 35.3 Å². The van der Waals surface area contributed by atoms with Crippen LogP contribution in [0, 0.1) is 6.92 Å². The number of hydrogen-bond donors (Lipinski definition) is 2. The summed E-state index contributed by atoms with van der Waals surface area (Å²) < 4.78 is 5.33. The molecule has 0 saturated heterocycles. The Kier molecular flexibility index (Phi) is 4.58. The second-order valence-corrected chi connectivity index (χ2v) is 6.35. The third-order valence-electron chi connectivity index (χ3n) is 3.68. The molecule has 0 radical (unpaired) electrons. The molecule has 1 heterocycles. The summed E-state index contributed by atoms with van der Waals surface area (Å²) in [7, 11) is 0. The van der Waals surface area contributed by atoms with Crippen molar-refractivity contribution in [1.29, 1.82) is 0 Å². The Labute approximate surface area is 133 Å². The van der Waals surface area contributed by atoms with Gasteiger partial charge in [-0.1, -0.05) is 25.0 Å². The summed E-state index contributed by atoms with van der Waals surface area (Å²) in [5.74, 6) is 0.349. The first-order valence-electron chi connectivity index (χ1n) is 7.46. The molecule has 1 saturated carbocycles. The Balaban J connectivity index is 1.60. The zero-order valence-electron chi connectivity index (χ0n) is 12.5. The monoisotopic (exact) mass is 317 g/mol. The summed E-state index contributed by atoms with van der Waals surface area (Å²) in [6, 6.07) is 8.04. The number of hydrogen-bond acceptors (Lipinski definition) is 5. The van der Waals surface area contributed by atoms with Crippen molar-refractivity contribution in [3.63, 3.8) is 0 Å². The molecule has 0 spiro atoms. The van der Waals surface area contributed by atoms with Gasteiger partial charge in [0.25, 0.3) is 5.88 Å². The van der Waals surface area contributed by atoms with E-state index in [1.54, 1.807) is 5.51 Å². The van der Waals surface area contributed by atoms with Gasteiger partial charge in [0.05, 0.1) is 5.51 Å². The smallest absolute Gasteiger partial charge is 0.388 e. The molecular formula is C16H19N3O2S. The molecule has 0 aliphatic heterocycles. The van der Waals surface area contributed by atoms with Gasteiger partial charge < -0.3 is 10.1 Å². The maximum Gasteiger partial charge on any atom is 0.418 e. The van der Waals surface area contributed by atoms with Gasteiger partial charge in [-0.25, -0.2) is 9.78 Å². The molecule has 1 amide bonds. The Morgan fingerprint density at radius 2 is 2.18 bits per heavy atom. The van der Waals surface area contributed by atoms with Crippen LogP contribution < -0.4 is 15.4 Å². The highest BCUT2D eigenvalue weighted by molar-refractivity contribution is 7.14. The number of nitrogens with one attached hydrogen (secondary N) is 2. The van der Waals surface area contributed by atoms with E-state index in [2.05, 4.69) is 15.6 Å². The van der Waals surface area contributed by atoms with Crippen molar-refractivity contribution in [2.24, 2.45) is 0 Å². The first-order valence-corrected chi connectivity index (χ1v) is 8.34. The molecule has 1 aliphatic rings. The Hall–Kier alpha value is -2.08. The van der Waals surface area contributed by atoms with Crippen LogP contribution in [-0.2, 0) is 0 Å². The largest absolute Gasteiger partial charge is 0.418 e. The predicted octanol–water partition coefficient (Wildman–Crippen LogP) is 4.42. The van der Waals surface area contributed by atoms with Crippen LogP contribution >= 0.6 is 11.3 Å². The van der Waals surface area contributed by atoms with Crippen molar-refractivity contribution in [2.45, 2.75) is 38.6 Å². The molecule has 22 heavy (non-hydrogen) atoms. The Morgan fingerprint density at radius 3 is 2.95 bits per heavy atom. The van der Waals surface area contributed by atoms with E-state index >= 15 is 0 Å². The van der Waals surface area contributed by atoms with E-state index in [0.717, 1.165) is 23.4 Å². The number of nitrogens with zero attached hydrogens (tertiary/aromatic N) is 1. The number of aromatic nitrogens is 1. The fourth-order valence-electron chi connectivity index (χ4n) is 2.61. The molecule has 116 valence electrons. The van der Waals surface area contributed by atoms with Gasteiger partial charge in [0.15, 0.2) is 5.00 Å². The van der Waals surface area contributed by atoms with E-state index in [9.17, 15) is 4.79 Å². The van der Waals surface area contributed by atoms with Crippen molar-refractivity contribution >= 4 is 28.1 Å². The molecular weight excluding hydrogens is 298 g/mol. The lowest BCUT2D eigenvalue weighted by Crippen LogP contribution is -2.19. The van der Waals surface area contributed by atoms with E-state index in [4.69, 9.17) is 4.74 Å². The highest BCUT2D eigenvalue weighted by Gasteiger charge is 2.19. The number of thiazole rings is 1. The number of benzene rings is 1. The van der Waals surface area contributed by atoms with E-state index in [-0.39, 0.29) is 0 Å². The van der Waals surface area contributed by atoms with Crippen LogP contribution in [0.3, 0.4) is 0 Å². The molecule has 1 aromatic carbocycles. The van der Waals surface area contributed by atoms with Crippen LogP contribution in [0.1, 0.15) is 31.2 Å². The zero-order chi connectivity index (χ0) is 15.4. The van der Waals surface area contributed by atoms with Gasteiger partial charge in [-0.15, -0.1) is 11.3 Å². The van der Waals surface area contributed by atoms with Crippen LogP contribution in [0.15, 0.2) is 29.8 Å². The topological polar surface area (TPSA) is 63.2 Å². The normalized spacial score (nSPS) is 14.8. The number of aryl methyl sites for hydroxylation is 1. The second kappa shape index (κ2) is 6.79. The second-order valence-electron chi connectivity index (χ2n) is 5.50. The van der Waals surface area contributed by atoms with Gasteiger partial charge in [0, 0.05) is 11.7 Å². The minimum absolute atomic E-state index is 0.349. The minimum atomic E-state index is -0.522. The SMILES string of the molecule is Cc1cccc(NC(=O)Oc2ncsc2NC2CCCC2)c1. The maximum atomic E-state index is 12.0. The van der Waals surface area contributed by atoms with Crippen molar-refractivity contribution in [1.82, 2.24) is 4.98 Å². The molecule has 3 rings (SSSR count). The van der Waals surface area contributed by atoms with E-state index in [0.29, 0.717) is 17.6 Å². The number of amides is 1. The fourth-order valence-corrected chi connectivity index (χ4v) is 3.30. The molecule has 6 heteroatoms. The van der Waals surface area contributed by atoms with Gasteiger partial charge >= 0.3 is 6.09 Å². The van der Waals surface area contributed by atoms with Gasteiger partial charge in [-0.05, 0) is 37.5 Å². The highest BCUT2D eigenvalue weighted by atomic mass is 32.1. The summed E-state index contributed by atoms with van der Waals surface area (Å²) in [5.41, 5.74) is 3.48. The number of anilines is 2. The maximum absolute atomic E-state index is 12.0. The summed E-state index contributed by atoms with van der Waals surface area (Å²) >= 11 is 1.46. The van der Waals surface area contributed by atoms with Crippen molar-refractivity contribution < 1.29 is 9.53 Å². The molecule has 2 N–H and O–H groups in total. The molecule has 1 aliphatic carbocycles. The molecule has 1 fully saturated rings. The average Bonchev–Trinajstić information content (AvgIpc) is 3.12. The van der Waals surface area contributed by atoms with Crippen LogP contribution in [0.25, 0.3) is 0 Å². The zero-order valence-corrected chi connectivity index (χ0v) is 13.3. The molecule has 0 atom stereocenters. The molecule has 2 aromatic rings. The lowest BCUT2D eigenvalue weighted by molar-refractivity contribution is 0.214. The van der Waals surface area contributed by atoms with Gasteiger partial charge in [-0.3, -0.25) is 5.32 Å². The molecule has 5 nitrogen and oxygen atoms in total. The predicted molar refractivity (Wildman–Crippen MR) is 88.8 cm³/mol. The number of carbonyl (C=O) groups is 1. The van der Waals surface area contributed by atoms with Crippen LogP contribution in [0.4, 0.5) is 15.5 Å². The van der Waals surface area contributed by atoms with Gasteiger partial charge in [-0.2, -0.15) is 0 Å². The quantitative estimate of drug-likeness (QED) is 0.876.